The van der Waals surface area contributed by atoms with Crippen LogP contribution in [0.4, 0.5) is 8.78 Å². The van der Waals surface area contributed by atoms with Crippen LogP contribution in [0.3, 0.4) is 0 Å². The van der Waals surface area contributed by atoms with Crippen LogP contribution in [0, 0.1) is 18.6 Å². The number of fused-ring (bicyclic) bond motifs is 1. The van der Waals surface area contributed by atoms with E-state index in [2.05, 4.69) is 24.6 Å². The Labute approximate surface area is 202 Å². The fraction of sp³-hybridized carbons (Fsp3) is 0.192. The van der Waals surface area contributed by atoms with E-state index in [0.29, 0.717) is 29.7 Å². The van der Waals surface area contributed by atoms with Gasteiger partial charge in [0.2, 0.25) is 0 Å². The molecule has 0 atom stereocenters. The van der Waals surface area contributed by atoms with Crippen LogP contribution in [0.25, 0.3) is 33.5 Å². The van der Waals surface area contributed by atoms with Gasteiger partial charge in [-0.05, 0) is 55.0 Å². The Hall–Kier alpha value is -4.31. The van der Waals surface area contributed by atoms with Crippen molar-refractivity contribution in [2.45, 2.75) is 31.8 Å². The molecule has 0 bridgehead atoms. The average molecular weight is 490 g/mol. The maximum atomic E-state index is 15.4. The van der Waals surface area contributed by atoms with E-state index in [9.17, 15) is 14.3 Å². The summed E-state index contributed by atoms with van der Waals surface area (Å²) in [5, 5.41) is 14.2. The van der Waals surface area contributed by atoms with Gasteiger partial charge in [-0.2, -0.15) is 4.98 Å². The van der Waals surface area contributed by atoms with Gasteiger partial charge in [0, 0.05) is 11.6 Å². The van der Waals surface area contributed by atoms with Crippen LogP contribution in [0.1, 0.15) is 30.4 Å². The molecule has 2 heterocycles. The molecule has 0 unspecified atom stereocenters. The van der Waals surface area contributed by atoms with Crippen molar-refractivity contribution in [1.29, 1.82) is 0 Å². The van der Waals surface area contributed by atoms with E-state index in [0.717, 1.165) is 17.5 Å². The van der Waals surface area contributed by atoms with Crippen LogP contribution < -0.4 is 10.5 Å². The first kappa shape index (κ1) is 22.2. The number of nitrogens with zero attached hydrogens (tertiary/aromatic N) is 2. The number of halogens is 2. The Kier molecular flexibility index (Phi) is 5.01. The number of aromatic amines is 2. The molecule has 0 saturated heterocycles. The molecule has 1 saturated carbocycles. The van der Waals surface area contributed by atoms with E-state index < -0.39 is 23.0 Å². The molecule has 2 aromatic heterocycles. The molecule has 0 radical (unpaired) electrons. The third-order valence-corrected chi connectivity index (χ3v) is 6.66. The first-order chi connectivity index (χ1) is 17.3. The Bertz CT molecular complexity index is 1670. The fourth-order valence-corrected chi connectivity index (χ4v) is 4.50. The SMILES string of the molecule is Cc1ccc(Oc2nc3c(F)c(-c4ccc(C5(O)CCC5)cc4)c(F)cc3[nH]2)cc1-c1noc(=O)[nH]1. The van der Waals surface area contributed by atoms with Crippen LogP contribution in [0.2, 0.25) is 0 Å². The van der Waals surface area contributed by atoms with Crippen molar-refractivity contribution in [2.75, 3.05) is 0 Å². The number of H-pyrrole nitrogens is 2. The van der Waals surface area contributed by atoms with Gasteiger partial charge in [0.1, 0.15) is 17.1 Å². The predicted molar refractivity (Wildman–Crippen MR) is 127 cm³/mol. The number of imidazole rings is 1. The molecule has 3 aromatic carbocycles. The molecule has 1 aliphatic carbocycles. The van der Waals surface area contributed by atoms with Crippen LogP contribution in [-0.4, -0.2) is 25.2 Å². The zero-order valence-corrected chi connectivity index (χ0v) is 19.1. The molecule has 36 heavy (non-hydrogen) atoms. The van der Waals surface area contributed by atoms with Crippen molar-refractivity contribution < 1.29 is 23.1 Å². The van der Waals surface area contributed by atoms with Gasteiger partial charge >= 0.3 is 5.76 Å². The van der Waals surface area contributed by atoms with E-state index >= 15 is 4.39 Å². The zero-order chi connectivity index (χ0) is 25.0. The van der Waals surface area contributed by atoms with Crippen molar-refractivity contribution in [3.8, 4) is 34.3 Å². The normalized spacial score (nSPS) is 14.7. The van der Waals surface area contributed by atoms with Crippen molar-refractivity contribution in [2.24, 2.45) is 0 Å². The van der Waals surface area contributed by atoms with Gasteiger partial charge in [-0.1, -0.05) is 35.5 Å². The van der Waals surface area contributed by atoms with Crippen LogP contribution in [-0.2, 0) is 5.60 Å². The molecule has 8 nitrogen and oxygen atoms in total. The number of benzene rings is 3. The van der Waals surface area contributed by atoms with E-state index in [1.807, 2.05) is 6.92 Å². The highest BCUT2D eigenvalue weighted by molar-refractivity contribution is 5.84. The van der Waals surface area contributed by atoms with Gasteiger partial charge in [-0.25, -0.2) is 13.6 Å². The summed E-state index contributed by atoms with van der Waals surface area (Å²) in [5.74, 6) is -1.69. The van der Waals surface area contributed by atoms with Crippen molar-refractivity contribution in [3.63, 3.8) is 0 Å². The zero-order valence-electron chi connectivity index (χ0n) is 19.1. The topological polar surface area (TPSA) is 117 Å². The molecule has 182 valence electrons. The first-order valence-electron chi connectivity index (χ1n) is 11.4. The molecule has 5 aromatic rings. The number of aliphatic hydroxyl groups is 1. The third kappa shape index (κ3) is 3.66. The number of hydrogen-bond acceptors (Lipinski definition) is 6. The molecule has 0 aliphatic heterocycles. The Balaban J connectivity index is 1.33. The summed E-state index contributed by atoms with van der Waals surface area (Å²) >= 11 is 0. The van der Waals surface area contributed by atoms with Crippen molar-refractivity contribution in [1.82, 2.24) is 20.1 Å². The summed E-state index contributed by atoms with van der Waals surface area (Å²) in [7, 11) is 0. The van der Waals surface area contributed by atoms with Crippen molar-refractivity contribution in [3.05, 3.63) is 81.8 Å². The first-order valence-corrected chi connectivity index (χ1v) is 11.4. The summed E-state index contributed by atoms with van der Waals surface area (Å²) in [5.41, 5.74) is 1.46. The van der Waals surface area contributed by atoms with E-state index in [4.69, 9.17) is 4.74 Å². The number of nitrogens with one attached hydrogen (secondary N) is 2. The summed E-state index contributed by atoms with van der Waals surface area (Å²) in [6.07, 6.45) is 2.30. The van der Waals surface area contributed by atoms with Gasteiger partial charge in [0.25, 0.3) is 6.01 Å². The second-order valence-corrected chi connectivity index (χ2v) is 8.97. The van der Waals surface area contributed by atoms with Gasteiger partial charge in [0.05, 0.1) is 16.7 Å². The fourth-order valence-electron chi connectivity index (χ4n) is 4.50. The number of aryl methyl sites for hydroxylation is 1. The largest absolute Gasteiger partial charge is 0.439 e. The maximum Gasteiger partial charge on any atom is 0.439 e. The van der Waals surface area contributed by atoms with Crippen LogP contribution >= 0.6 is 0 Å². The van der Waals surface area contributed by atoms with Gasteiger partial charge in [-0.15, -0.1) is 0 Å². The lowest BCUT2D eigenvalue weighted by molar-refractivity contribution is -0.0387. The number of rotatable bonds is 5. The molecule has 1 fully saturated rings. The van der Waals surface area contributed by atoms with Crippen LogP contribution in [0.15, 0.2) is 57.8 Å². The summed E-state index contributed by atoms with van der Waals surface area (Å²) in [4.78, 5) is 20.8. The summed E-state index contributed by atoms with van der Waals surface area (Å²) in [6.45, 7) is 1.83. The van der Waals surface area contributed by atoms with E-state index in [-0.39, 0.29) is 28.4 Å². The lowest BCUT2D eigenvalue weighted by atomic mass is 9.75. The Morgan fingerprint density at radius 1 is 1.08 bits per heavy atom. The molecule has 10 heteroatoms. The van der Waals surface area contributed by atoms with Gasteiger partial charge in [0.15, 0.2) is 11.6 Å². The quantitative estimate of drug-likeness (QED) is 0.307. The minimum absolute atomic E-state index is 0.0357. The minimum atomic E-state index is -0.854. The third-order valence-electron chi connectivity index (χ3n) is 6.66. The highest BCUT2D eigenvalue weighted by Crippen LogP contribution is 2.42. The summed E-state index contributed by atoms with van der Waals surface area (Å²) in [6, 6.07) is 12.8. The monoisotopic (exact) mass is 490 g/mol. The molecule has 3 N–H and O–H groups in total. The number of ether oxygens (including phenoxy) is 1. The van der Waals surface area contributed by atoms with E-state index in [1.54, 1.807) is 42.5 Å². The predicted octanol–water partition coefficient (Wildman–Crippen LogP) is 5.32. The minimum Gasteiger partial charge on any atom is -0.426 e. The Morgan fingerprint density at radius 2 is 1.86 bits per heavy atom. The summed E-state index contributed by atoms with van der Waals surface area (Å²) < 4.78 is 40.8. The van der Waals surface area contributed by atoms with Gasteiger partial charge < -0.3 is 14.8 Å². The molecule has 0 spiro atoms. The molecular weight excluding hydrogens is 470 g/mol. The van der Waals surface area contributed by atoms with Crippen molar-refractivity contribution >= 4 is 11.0 Å². The second kappa shape index (κ2) is 8.13. The van der Waals surface area contributed by atoms with Crippen LogP contribution in [0.5, 0.6) is 11.8 Å². The smallest absolute Gasteiger partial charge is 0.426 e. The molecule has 0 amide bonds. The second-order valence-electron chi connectivity index (χ2n) is 8.97. The molecule has 1 aliphatic rings. The maximum absolute atomic E-state index is 15.4. The highest BCUT2D eigenvalue weighted by atomic mass is 19.1. The average Bonchev–Trinajstić information content (AvgIpc) is 3.45. The Morgan fingerprint density at radius 3 is 2.53 bits per heavy atom. The van der Waals surface area contributed by atoms with E-state index in [1.165, 1.54) is 6.07 Å². The van der Waals surface area contributed by atoms with Gasteiger partial charge in [-0.3, -0.25) is 9.51 Å². The standard InChI is InChI=1S/C26H20F2N4O4/c1-13-3-8-16(11-17(13)23-31-25(33)36-32-23)35-24-29-19-12-18(27)20(21(28)22(19)30-24)14-4-6-15(7-5-14)26(34)9-2-10-26/h3-8,11-12,34H,2,9-10H2,1H3,(H,29,30)(H,31,32,33). The lowest BCUT2D eigenvalue weighted by Gasteiger charge is -2.37. The highest BCUT2D eigenvalue weighted by Gasteiger charge is 2.36. The molecular formula is C26H20F2N4O4. The lowest BCUT2D eigenvalue weighted by Crippen LogP contribution is -2.33. The number of hydrogen-bond donors (Lipinski definition) is 3. The molecule has 6 rings (SSSR count). The number of aromatic nitrogens is 4.